The Morgan fingerprint density at radius 2 is 2.09 bits per heavy atom. The molecule has 0 bridgehead atoms. The van der Waals surface area contributed by atoms with E-state index in [1.165, 1.54) is 23.5 Å². The highest BCUT2D eigenvalue weighted by Gasteiger charge is 2.11. The lowest BCUT2D eigenvalue weighted by Crippen LogP contribution is -1.97. The number of nitrogens with zero attached hydrogens (tertiary/aromatic N) is 3. The molecule has 1 aromatic heterocycles. The zero-order chi connectivity index (χ0) is 16.4. The van der Waals surface area contributed by atoms with Crippen LogP contribution in [0, 0.1) is 21.4 Å². The van der Waals surface area contributed by atoms with Crippen LogP contribution in [0.3, 0.4) is 0 Å². The number of rotatable bonds is 3. The molecule has 0 unspecified atom stereocenters. The van der Waals surface area contributed by atoms with Gasteiger partial charge in [0.2, 0.25) is 0 Å². The average molecular weight is 322 g/mol. The molecule has 0 aliphatic carbocycles. The van der Waals surface area contributed by atoms with Crippen LogP contribution in [0.1, 0.15) is 10.6 Å². The van der Waals surface area contributed by atoms with Crippen LogP contribution in [0.5, 0.6) is 5.75 Å². The Morgan fingerprint density at radius 3 is 2.78 bits per heavy atom. The monoisotopic (exact) mass is 322 g/mol. The summed E-state index contributed by atoms with van der Waals surface area (Å²) in [7, 11) is 0. The van der Waals surface area contributed by atoms with Gasteiger partial charge in [0.1, 0.15) is 11.1 Å². The molecule has 3 aromatic rings. The topological polar surface area (TPSA) is 103 Å². The lowest BCUT2D eigenvalue weighted by molar-refractivity contribution is -0.398. The third-order valence-corrected chi connectivity index (χ3v) is 4.21. The van der Waals surface area contributed by atoms with Crippen LogP contribution in [0.25, 0.3) is 21.9 Å². The minimum atomic E-state index is -0.733. The van der Waals surface area contributed by atoms with Gasteiger partial charge in [-0.3, -0.25) is 10.1 Å². The number of hydrogen-bond acceptors (Lipinski definition) is 6. The molecule has 0 aliphatic heterocycles. The van der Waals surface area contributed by atoms with E-state index in [-0.39, 0.29) is 0 Å². The Morgan fingerprint density at radius 1 is 1.30 bits per heavy atom. The molecule has 0 atom stereocenters. The number of para-hydroxylation sites is 1. The zero-order valence-corrected chi connectivity index (χ0v) is 12.4. The molecule has 2 aromatic carbocycles. The molecule has 0 amide bonds. The van der Waals surface area contributed by atoms with Gasteiger partial charge in [-0.2, -0.15) is 5.26 Å². The molecule has 0 fully saturated rings. The standard InChI is InChI=1S/C16H9N3O3S/c17-9-11(16-18-12-3-1-2-4-15(12)23-16)7-10-5-6-14(20)13(8-10)19(21)22/h1-8,20H/p-1/b11-7+. The van der Waals surface area contributed by atoms with Gasteiger partial charge in [-0.15, -0.1) is 11.3 Å². The van der Waals surface area contributed by atoms with Crippen molar-refractivity contribution in [3.8, 4) is 11.8 Å². The Kier molecular flexibility index (Phi) is 3.75. The first-order valence-corrected chi connectivity index (χ1v) is 7.33. The van der Waals surface area contributed by atoms with Crippen molar-refractivity contribution in [2.75, 3.05) is 0 Å². The van der Waals surface area contributed by atoms with Gasteiger partial charge in [0.15, 0.2) is 0 Å². The predicted octanol–water partition coefficient (Wildman–Crippen LogP) is 3.34. The second-order valence-corrected chi connectivity index (χ2v) is 5.67. The van der Waals surface area contributed by atoms with Crippen molar-refractivity contribution in [1.82, 2.24) is 4.98 Å². The number of allylic oxidation sites excluding steroid dienone is 1. The summed E-state index contributed by atoms with van der Waals surface area (Å²) in [6.45, 7) is 0. The minimum absolute atomic E-state index is 0.291. The van der Waals surface area contributed by atoms with Gasteiger partial charge in [0.05, 0.1) is 20.7 Å². The van der Waals surface area contributed by atoms with Gasteiger partial charge in [0, 0.05) is 6.07 Å². The smallest absolute Gasteiger partial charge is 0.262 e. The Hall–Kier alpha value is -3.24. The van der Waals surface area contributed by atoms with E-state index >= 15 is 0 Å². The maximum absolute atomic E-state index is 11.4. The molecule has 0 spiro atoms. The van der Waals surface area contributed by atoms with E-state index in [9.17, 15) is 20.5 Å². The molecule has 7 heteroatoms. The average Bonchev–Trinajstić information content (AvgIpc) is 2.97. The molecule has 1 heterocycles. The molecule has 23 heavy (non-hydrogen) atoms. The largest absolute Gasteiger partial charge is 0.868 e. The lowest BCUT2D eigenvalue weighted by atomic mass is 10.1. The van der Waals surface area contributed by atoms with Gasteiger partial charge in [0.25, 0.3) is 5.69 Å². The van der Waals surface area contributed by atoms with Crippen molar-refractivity contribution >= 4 is 38.9 Å². The van der Waals surface area contributed by atoms with Gasteiger partial charge in [-0.05, 0) is 29.5 Å². The first-order chi connectivity index (χ1) is 11.1. The second-order valence-electron chi connectivity index (χ2n) is 4.64. The van der Waals surface area contributed by atoms with Crippen LogP contribution in [0.4, 0.5) is 5.69 Å². The normalized spacial score (nSPS) is 11.3. The number of hydrogen-bond donors (Lipinski definition) is 0. The number of aromatic nitrogens is 1. The number of nitriles is 1. The molecule has 0 N–H and O–H groups in total. The molecule has 0 saturated carbocycles. The number of nitro benzene ring substituents is 1. The Labute approximate surface area is 134 Å². The van der Waals surface area contributed by atoms with E-state index in [0.717, 1.165) is 22.3 Å². The van der Waals surface area contributed by atoms with Crippen LogP contribution in [0.15, 0.2) is 42.5 Å². The van der Waals surface area contributed by atoms with Crippen molar-refractivity contribution in [3.63, 3.8) is 0 Å². The molecule has 0 saturated heterocycles. The fourth-order valence-corrected chi connectivity index (χ4v) is 2.99. The fourth-order valence-electron chi connectivity index (χ4n) is 2.06. The van der Waals surface area contributed by atoms with Crippen molar-refractivity contribution in [2.45, 2.75) is 0 Å². The maximum Gasteiger partial charge on any atom is 0.262 e. The summed E-state index contributed by atoms with van der Waals surface area (Å²) < 4.78 is 0.949. The van der Waals surface area contributed by atoms with Crippen molar-refractivity contribution in [2.24, 2.45) is 0 Å². The number of fused-ring (bicyclic) bond motifs is 1. The molecule has 6 nitrogen and oxygen atoms in total. The highest BCUT2D eigenvalue weighted by atomic mass is 32.1. The minimum Gasteiger partial charge on any atom is -0.868 e. The second kappa shape index (κ2) is 5.87. The van der Waals surface area contributed by atoms with E-state index in [4.69, 9.17) is 0 Å². The number of nitro groups is 1. The quantitative estimate of drug-likeness (QED) is 0.418. The van der Waals surface area contributed by atoms with Gasteiger partial charge in [-0.1, -0.05) is 24.3 Å². The summed E-state index contributed by atoms with van der Waals surface area (Å²) in [5.74, 6) is -0.661. The third kappa shape index (κ3) is 2.88. The zero-order valence-electron chi connectivity index (χ0n) is 11.6. The first kappa shape index (κ1) is 14.7. The Balaban J connectivity index is 2.07. The van der Waals surface area contributed by atoms with Crippen molar-refractivity contribution in [3.05, 3.63) is 63.1 Å². The highest BCUT2D eigenvalue weighted by molar-refractivity contribution is 7.19. The molecular weight excluding hydrogens is 314 g/mol. The van der Waals surface area contributed by atoms with E-state index in [0.29, 0.717) is 16.1 Å². The predicted molar refractivity (Wildman–Crippen MR) is 85.6 cm³/mol. The first-order valence-electron chi connectivity index (χ1n) is 6.51. The van der Waals surface area contributed by atoms with Gasteiger partial charge in [-0.25, -0.2) is 4.98 Å². The summed E-state index contributed by atoms with van der Waals surface area (Å²) in [5, 5.41) is 32.1. The van der Waals surface area contributed by atoms with Gasteiger partial charge >= 0.3 is 0 Å². The summed E-state index contributed by atoms with van der Waals surface area (Å²) in [5.41, 5.74) is 0.973. The van der Waals surface area contributed by atoms with Crippen LogP contribution in [-0.2, 0) is 0 Å². The maximum atomic E-state index is 11.4. The van der Waals surface area contributed by atoms with Crippen LogP contribution < -0.4 is 5.11 Å². The molecule has 0 radical (unpaired) electrons. The van der Waals surface area contributed by atoms with E-state index in [1.54, 1.807) is 0 Å². The fraction of sp³-hybridized carbons (Fsp3) is 0. The number of benzene rings is 2. The molecule has 3 rings (SSSR count). The van der Waals surface area contributed by atoms with Crippen LogP contribution in [0.2, 0.25) is 0 Å². The summed E-state index contributed by atoms with van der Waals surface area (Å²) >= 11 is 1.37. The SMILES string of the molecule is N#C/C(=C\c1ccc([O-])c([N+](=O)[O-])c1)c1nc2ccccc2s1. The highest BCUT2D eigenvalue weighted by Crippen LogP contribution is 2.30. The Bertz CT molecular complexity index is 953. The van der Waals surface area contributed by atoms with Gasteiger partial charge < -0.3 is 5.11 Å². The van der Waals surface area contributed by atoms with Crippen molar-refractivity contribution in [1.29, 1.82) is 5.26 Å². The molecular formula is C16H8N3O3S-. The molecule has 0 aliphatic rings. The number of thiazole rings is 1. The van der Waals surface area contributed by atoms with Crippen molar-refractivity contribution < 1.29 is 10.0 Å². The van der Waals surface area contributed by atoms with E-state index in [2.05, 4.69) is 11.1 Å². The third-order valence-electron chi connectivity index (χ3n) is 3.14. The molecule has 112 valence electrons. The summed E-state index contributed by atoms with van der Waals surface area (Å²) in [4.78, 5) is 14.5. The van der Waals surface area contributed by atoms with E-state index < -0.39 is 16.4 Å². The van der Waals surface area contributed by atoms with Crippen LogP contribution >= 0.6 is 11.3 Å². The van der Waals surface area contributed by atoms with E-state index in [1.807, 2.05) is 24.3 Å². The summed E-state index contributed by atoms with van der Waals surface area (Å²) in [6, 6.07) is 13.3. The van der Waals surface area contributed by atoms with Crippen LogP contribution in [-0.4, -0.2) is 9.91 Å². The lowest BCUT2D eigenvalue weighted by Gasteiger charge is -2.06. The summed E-state index contributed by atoms with van der Waals surface area (Å²) in [6.07, 6.45) is 1.49.